The standard InChI is InChI=1S/C17H20N2O2S2/c1-17(2,3)22-15-11-12(9-10-18-15)16(20)19-13-5-7-14(8-6-13)23(4)21/h5-11H,1-4H3,(H,19,20)/t23-/m0/s1. The van der Waals surface area contributed by atoms with Crippen LogP contribution in [-0.2, 0) is 10.8 Å². The van der Waals surface area contributed by atoms with E-state index in [1.807, 2.05) is 0 Å². The fourth-order valence-electron chi connectivity index (χ4n) is 1.85. The number of rotatable bonds is 4. The minimum absolute atomic E-state index is 0.0354. The number of benzene rings is 1. The maximum absolute atomic E-state index is 12.3. The van der Waals surface area contributed by atoms with E-state index in [4.69, 9.17) is 0 Å². The van der Waals surface area contributed by atoms with E-state index >= 15 is 0 Å². The maximum Gasteiger partial charge on any atom is 0.255 e. The Morgan fingerprint density at radius 3 is 2.39 bits per heavy atom. The normalized spacial score (nSPS) is 12.7. The third-order valence-electron chi connectivity index (χ3n) is 2.85. The van der Waals surface area contributed by atoms with Gasteiger partial charge in [-0.3, -0.25) is 9.00 Å². The number of aromatic nitrogens is 1. The molecule has 6 heteroatoms. The van der Waals surface area contributed by atoms with Crippen molar-refractivity contribution in [2.45, 2.75) is 35.4 Å². The monoisotopic (exact) mass is 348 g/mol. The van der Waals surface area contributed by atoms with Crippen LogP contribution in [0.4, 0.5) is 5.69 Å². The van der Waals surface area contributed by atoms with Crippen LogP contribution >= 0.6 is 11.8 Å². The predicted molar refractivity (Wildman–Crippen MR) is 96.6 cm³/mol. The molecule has 0 aliphatic heterocycles. The van der Waals surface area contributed by atoms with E-state index in [2.05, 4.69) is 31.1 Å². The summed E-state index contributed by atoms with van der Waals surface area (Å²) in [5, 5.41) is 3.66. The number of nitrogens with zero attached hydrogens (tertiary/aromatic N) is 1. The SMILES string of the molecule is C[S@](=O)c1ccc(NC(=O)c2ccnc(SC(C)(C)C)c2)cc1. The summed E-state index contributed by atoms with van der Waals surface area (Å²) in [4.78, 5) is 17.4. The number of hydrogen-bond donors (Lipinski definition) is 1. The maximum atomic E-state index is 12.3. The highest BCUT2D eigenvalue weighted by atomic mass is 32.2. The van der Waals surface area contributed by atoms with Gasteiger partial charge < -0.3 is 5.32 Å². The molecule has 0 aliphatic rings. The van der Waals surface area contributed by atoms with Crippen molar-refractivity contribution < 1.29 is 9.00 Å². The molecule has 1 heterocycles. The van der Waals surface area contributed by atoms with Crippen LogP contribution in [0.25, 0.3) is 0 Å². The van der Waals surface area contributed by atoms with Crippen molar-refractivity contribution in [3.8, 4) is 0 Å². The second-order valence-corrected chi connectivity index (χ2v) is 9.26. The van der Waals surface area contributed by atoms with Gasteiger partial charge in [0.1, 0.15) is 0 Å². The van der Waals surface area contributed by atoms with Crippen LogP contribution in [0, 0.1) is 0 Å². The van der Waals surface area contributed by atoms with E-state index in [1.54, 1.807) is 60.6 Å². The van der Waals surface area contributed by atoms with Gasteiger partial charge in [-0.15, -0.1) is 11.8 Å². The van der Waals surface area contributed by atoms with Crippen molar-refractivity contribution in [1.29, 1.82) is 0 Å². The molecule has 0 saturated heterocycles. The highest BCUT2D eigenvalue weighted by molar-refractivity contribution is 8.00. The molecule has 2 aromatic rings. The van der Waals surface area contributed by atoms with Crippen LogP contribution in [0.5, 0.6) is 0 Å². The van der Waals surface area contributed by atoms with Crippen molar-refractivity contribution in [2.75, 3.05) is 11.6 Å². The molecule has 1 aromatic heterocycles. The van der Waals surface area contributed by atoms with E-state index in [9.17, 15) is 9.00 Å². The Hall–Kier alpha value is -1.66. The smallest absolute Gasteiger partial charge is 0.255 e. The van der Waals surface area contributed by atoms with Crippen LogP contribution in [-0.4, -0.2) is 26.1 Å². The van der Waals surface area contributed by atoms with E-state index in [1.165, 1.54) is 0 Å². The Balaban J connectivity index is 2.11. The molecule has 0 aliphatic carbocycles. The summed E-state index contributed by atoms with van der Waals surface area (Å²) in [7, 11) is -1.02. The van der Waals surface area contributed by atoms with Gasteiger partial charge in [-0.05, 0) is 36.4 Å². The van der Waals surface area contributed by atoms with Crippen molar-refractivity contribution >= 4 is 34.2 Å². The average Bonchev–Trinajstić information content (AvgIpc) is 2.46. The van der Waals surface area contributed by atoms with Gasteiger partial charge in [0.25, 0.3) is 5.91 Å². The first-order chi connectivity index (χ1) is 10.7. The lowest BCUT2D eigenvalue weighted by molar-refractivity contribution is 0.102. The van der Waals surface area contributed by atoms with Crippen LogP contribution < -0.4 is 5.32 Å². The molecule has 1 aromatic carbocycles. The molecule has 0 radical (unpaired) electrons. The van der Waals surface area contributed by atoms with Crippen molar-refractivity contribution in [1.82, 2.24) is 4.98 Å². The number of nitrogens with one attached hydrogen (secondary N) is 1. The molecule has 23 heavy (non-hydrogen) atoms. The summed E-state index contributed by atoms with van der Waals surface area (Å²) in [5.74, 6) is -0.187. The number of amides is 1. The number of anilines is 1. The Morgan fingerprint density at radius 1 is 1.17 bits per heavy atom. The minimum atomic E-state index is -1.02. The summed E-state index contributed by atoms with van der Waals surface area (Å²) in [6.45, 7) is 6.31. The molecular weight excluding hydrogens is 328 g/mol. The Morgan fingerprint density at radius 2 is 1.83 bits per heavy atom. The number of carbonyl (C=O) groups excluding carboxylic acids is 1. The van der Waals surface area contributed by atoms with Crippen LogP contribution in [0.3, 0.4) is 0 Å². The second kappa shape index (κ2) is 7.27. The Bertz CT molecular complexity index is 722. The molecule has 0 saturated carbocycles. The molecule has 1 atom stereocenters. The lowest BCUT2D eigenvalue weighted by atomic mass is 10.2. The lowest BCUT2D eigenvalue weighted by Crippen LogP contribution is -2.13. The number of carbonyl (C=O) groups is 1. The van der Waals surface area contributed by atoms with Gasteiger partial charge in [0, 0.05) is 44.1 Å². The van der Waals surface area contributed by atoms with Gasteiger partial charge >= 0.3 is 0 Å². The molecule has 4 nitrogen and oxygen atoms in total. The zero-order valence-corrected chi connectivity index (χ0v) is 15.3. The average molecular weight is 348 g/mol. The van der Waals surface area contributed by atoms with Crippen LogP contribution in [0.2, 0.25) is 0 Å². The third-order valence-corrected chi connectivity index (χ3v) is 4.83. The summed E-state index contributed by atoms with van der Waals surface area (Å²) in [6, 6.07) is 10.5. The summed E-state index contributed by atoms with van der Waals surface area (Å²) >= 11 is 1.62. The van der Waals surface area contributed by atoms with Crippen LogP contribution in [0.1, 0.15) is 31.1 Å². The largest absolute Gasteiger partial charge is 0.322 e. The first kappa shape index (κ1) is 17.7. The van der Waals surface area contributed by atoms with E-state index in [0.717, 1.165) is 9.92 Å². The first-order valence-corrected chi connectivity index (χ1v) is 9.52. The number of pyridine rings is 1. The topological polar surface area (TPSA) is 59.1 Å². The summed E-state index contributed by atoms with van der Waals surface area (Å²) in [6.07, 6.45) is 3.27. The van der Waals surface area contributed by atoms with Crippen molar-refractivity contribution in [2.24, 2.45) is 0 Å². The molecule has 1 amide bonds. The third kappa shape index (κ3) is 5.48. The van der Waals surface area contributed by atoms with Gasteiger partial charge in [-0.25, -0.2) is 4.98 Å². The van der Waals surface area contributed by atoms with Gasteiger partial charge in [0.2, 0.25) is 0 Å². The van der Waals surface area contributed by atoms with Gasteiger partial charge in [0.05, 0.1) is 5.03 Å². The summed E-state index contributed by atoms with van der Waals surface area (Å²) in [5.41, 5.74) is 1.24. The zero-order chi connectivity index (χ0) is 17.0. The number of hydrogen-bond acceptors (Lipinski definition) is 4. The van der Waals surface area contributed by atoms with Gasteiger partial charge in [-0.2, -0.15) is 0 Å². The van der Waals surface area contributed by atoms with Gasteiger partial charge in [0.15, 0.2) is 0 Å². The second-order valence-electron chi connectivity index (χ2n) is 6.03. The lowest BCUT2D eigenvalue weighted by Gasteiger charge is -2.16. The van der Waals surface area contributed by atoms with E-state index in [0.29, 0.717) is 11.3 Å². The Labute approximate surface area is 143 Å². The molecule has 0 spiro atoms. The quantitative estimate of drug-likeness (QED) is 0.850. The minimum Gasteiger partial charge on any atom is -0.322 e. The number of thioether (sulfide) groups is 1. The summed E-state index contributed by atoms with van der Waals surface area (Å²) < 4.78 is 11.4. The molecule has 0 bridgehead atoms. The highest BCUT2D eigenvalue weighted by Crippen LogP contribution is 2.30. The van der Waals surface area contributed by atoms with Crippen molar-refractivity contribution in [3.05, 3.63) is 48.2 Å². The van der Waals surface area contributed by atoms with E-state index < -0.39 is 10.8 Å². The van der Waals surface area contributed by atoms with E-state index in [-0.39, 0.29) is 10.7 Å². The fourth-order valence-corrected chi connectivity index (χ4v) is 3.30. The molecular formula is C17H20N2O2S2. The van der Waals surface area contributed by atoms with Crippen molar-refractivity contribution in [3.63, 3.8) is 0 Å². The first-order valence-electron chi connectivity index (χ1n) is 7.14. The molecule has 0 unspecified atom stereocenters. The highest BCUT2D eigenvalue weighted by Gasteiger charge is 2.15. The predicted octanol–water partition coefficient (Wildman–Crippen LogP) is 3.96. The fraction of sp³-hybridized carbons (Fsp3) is 0.294. The Kier molecular flexibility index (Phi) is 5.59. The van der Waals surface area contributed by atoms with Crippen LogP contribution in [0.15, 0.2) is 52.5 Å². The van der Waals surface area contributed by atoms with Gasteiger partial charge in [-0.1, -0.05) is 20.8 Å². The molecule has 1 N–H and O–H groups in total. The zero-order valence-electron chi connectivity index (χ0n) is 13.6. The molecule has 122 valence electrons. The molecule has 2 rings (SSSR count). The molecule has 0 fully saturated rings.